The van der Waals surface area contributed by atoms with E-state index in [1.54, 1.807) is 0 Å². The van der Waals surface area contributed by atoms with Crippen LogP contribution in [0, 0.1) is 6.92 Å². The minimum absolute atomic E-state index is 0.240. The summed E-state index contributed by atoms with van der Waals surface area (Å²) >= 11 is 0. The van der Waals surface area contributed by atoms with Gasteiger partial charge in [-0.05, 0) is 64.3 Å². The molecular formula is C21H36N4O3. The van der Waals surface area contributed by atoms with Gasteiger partial charge in [-0.2, -0.15) is 0 Å². The zero-order chi connectivity index (χ0) is 19.6. The lowest BCUT2D eigenvalue weighted by Crippen LogP contribution is -2.43. The van der Waals surface area contributed by atoms with E-state index in [2.05, 4.69) is 26.6 Å². The van der Waals surface area contributed by atoms with E-state index in [4.69, 9.17) is 13.9 Å². The maximum Gasteiger partial charge on any atom is 0.191 e. The molecule has 2 unspecified atom stereocenters. The third-order valence-electron chi connectivity index (χ3n) is 5.44. The molecule has 2 N–H and O–H groups in total. The van der Waals surface area contributed by atoms with Gasteiger partial charge >= 0.3 is 0 Å². The number of rotatable bonds is 10. The first-order valence-electron chi connectivity index (χ1n) is 10.7. The van der Waals surface area contributed by atoms with Crippen molar-refractivity contribution < 1.29 is 13.9 Å². The predicted octanol–water partition coefficient (Wildman–Crippen LogP) is 2.48. The minimum Gasteiger partial charge on any atom is -0.465 e. The largest absolute Gasteiger partial charge is 0.465 e. The zero-order valence-electron chi connectivity index (χ0n) is 17.4. The van der Waals surface area contributed by atoms with Crippen LogP contribution in [0.4, 0.5) is 0 Å². The summed E-state index contributed by atoms with van der Waals surface area (Å²) in [5.74, 6) is 2.82. The summed E-state index contributed by atoms with van der Waals surface area (Å²) in [7, 11) is 1.81. The fourth-order valence-corrected chi connectivity index (χ4v) is 3.88. The Kier molecular flexibility index (Phi) is 8.64. The molecule has 0 aliphatic carbocycles. The number of furan rings is 1. The van der Waals surface area contributed by atoms with E-state index in [9.17, 15) is 0 Å². The third-order valence-corrected chi connectivity index (χ3v) is 5.44. The third kappa shape index (κ3) is 6.50. The topological polar surface area (TPSA) is 71.3 Å². The van der Waals surface area contributed by atoms with Gasteiger partial charge in [-0.25, -0.2) is 0 Å². The van der Waals surface area contributed by atoms with Crippen molar-refractivity contribution in [3.8, 4) is 0 Å². The van der Waals surface area contributed by atoms with Crippen LogP contribution in [0.5, 0.6) is 0 Å². The summed E-state index contributed by atoms with van der Waals surface area (Å²) in [5.41, 5.74) is 0. The lowest BCUT2D eigenvalue weighted by Gasteiger charge is -2.26. The Morgan fingerprint density at radius 1 is 1.29 bits per heavy atom. The molecule has 2 fully saturated rings. The van der Waals surface area contributed by atoms with E-state index >= 15 is 0 Å². The van der Waals surface area contributed by atoms with Gasteiger partial charge in [-0.1, -0.05) is 0 Å². The Morgan fingerprint density at radius 3 is 2.82 bits per heavy atom. The molecule has 0 radical (unpaired) electrons. The van der Waals surface area contributed by atoms with Gasteiger partial charge in [0.25, 0.3) is 0 Å². The van der Waals surface area contributed by atoms with Gasteiger partial charge in [0.05, 0.1) is 18.8 Å². The lowest BCUT2D eigenvalue weighted by atomic mass is 10.2. The summed E-state index contributed by atoms with van der Waals surface area (Å²) in [5, 5.41) is 6.85. The second-order valence-electron chi connectivity index (χ2n) is 7.65. The number of nitrogens with one attached hydrogen (secondary N) is 2. The molecule has 3 rings (SSSR count). The van der Waals surface area contributed by atoms with Crippen LogP contribution in [0.15, 0.2) is 21.5 Å². The molecule has 0 bridgehead atoms. The van der Waals surface area contributed by atoms with Crippen molar-refractivity contribution >= 4 is 5.96 Å². The second-order valence-corrected chi connectivity index (χ2v) is 7.65. The van der Waals surface area contributed by atoms with E-state index < -0.39 is 0 Å². The van der Waals surface area contributed by atoms with Gasteiger partial charge in [0.2, 0.25) is 0 Å². The normalized spacial score (nSPS) is 21.9. The quantitative estimate of drug-likeness (QED) is 0.362. The standard InChI is InChI=1S/C21H36N4O3/c1-17-8-9-20(28-17)19(25-11-3-4-12-25)15-24-21(22-2)23-10-6-13-26-16-18-7-5-14-27-18/h8-9,18-19H,3-7,10-16H2,1-2H3,(H2,22,23,24). The molecule has 0 saturated carbocycles. The Morgan fingerprint density at radius 2 is 2.14 bits per heavy atom. The fraction of sp³-hybridized carbons (Fsp3) is 0.762. The predicted molar refractivity (Wildman–Crippen MR) is 111 cm³/mol. The number of hydrogen-bond acceptors (Lipinski definition) is 5. The van der Waals surface area contributed by atoms with E-state index in [1.807, 2.05) is 20.0 Å². The summed E-state index contributed by atoms with van der Waals surface area (Å²) < 4.78 is 17.2. The van der Waals surface area contributed by atoms with Crippen LogP contribution in [0.1, 0.15) is 49.7 Å². The molecule has 7 nitrogen and oxygen atoms in total. The first-order chi connectivity index (χ1) is 13.8. The van der Waals surface area contributed by atoms with Gasteiger partial charge in [-0.3, -0.25) is 9.89 Å². The van der Waals surface area contributed by atoms with Gasteiger partial charge < -0.3 is 24.5 Å². The van der Waals surface area contributed by atoms with Gasteiger partial charge in [0, 0.05) is 33.4 Å². The average Bonchev–Trinajstić information content (AvgIpc) is 3.46. The molecule has 2 saturated heterocycles. The first-order valence-corrected chi connectivity index (χ1v) is 10.7. The molecule has 2 atom stereocenters. The van der Waals surface area contributed by atoms with Crippen molar-refractivity contribution in [2.24, 2.45) is 4.99 Å². The zero-order valence-corrected chi connectivity index (χ0v) is 17.4. The van der Waals surface area contributed by atoms with Crippen LogP contribution in [0.2, 0.25) is 0 Å². The molecule has 2 aliphatic heterocycles. The molecule has 1 aromatic rings. The van der Waals surface area contributed by atoms with Crippen molar-refractivity contribution in [3.05, 3.63) is 23.7 Å². The number of hydrogen-bond donors (Lipinski definition) is 2. The molecule has 0 spiro atoms. The second kappa shape index (κ2) is 11.4. The van der Waals surface area contributed by atoms with Crippen LogP contribution < -0.4 is 10.6 Å². The van der Waals surface area contributed by atoms with Crippen LogP contribution in [0.3, 0.4) is 0 Å². The van der Waals surface area contributed by atoms with E-state index in [0.717, 1.165) is 76.1 Å². The number of aliphatic imine (C=N–C) groups is 1. The summed E-state index contributed by atoms with van der Waals surface area (Å²) in [4.78, 5) is 6.85. The number of likely N-dealkylation sites (tertiary alicyclic amines) is 1. The monoisotopic (exact) mass is 392 g/mol. The van der Waals surface area contributed by atoms with Gasteiger partial charge in [0.1, 0.15) is 11.5 Å². The van der Waals surface area contributed by atoms with Crippen molar-refractivity contribution in [1.29, 1.82) is 0 Å². The van der Waals surface area contributed by atoms with Crippen molar-refractivity contribution in [3.63, 3.8) is 0 Å². The molecule has 0 aromatic carbocycles. The van der Waals surface area contributed by atoms with Crippen LogP contribution in [-0.2, 0) is 9.47 Å². The van der Waals surface area contributed by atoms with E-state index in [1.165, 1.54) is 12.8 Å². The number of ether oxygens (including phenoxy) is 2. The van der Waals surface area contributed by atoms with E-state index in [-0.39, 0.29) is 6.04 Å². The summed E-state index contributed by atoms with van der Waals surface area (Å²) in [6.45, 7) is 8.20. The highest BCUT2D eigenvalue weighted by Gasteiger charge is 2.26. The number of aryl methyl sites for hydroxylation is 1. The Bertz CT molecular complexity index is 592. The minimum atomic E-state index is 0.240. The summed E-state index contributed by atoms with van der Waals surface area (Å²) in [6, 6.07) is 4.38. The van der Waals surface area contributed by atoms with E-state index in [0.29, 0.717) is 12.7 Å². The van der Waals surface area contributed by atoms with Crippen LogP contribution in [0.25, 0.3) is 0 Å². The molecule has 3 heterocycles. The molecule has 0 amide bonds. The molecule has 2 aliphatic rings. The van der Waals surface area contributed by atoms with Crippen LogP contribution in [-0.4, -0.2) is 70.0 Å². The smallest absolute Gasteiger partial charge is 0.191 e. The van der Waals surface area contributed by atoms with Crippen molar-refractivity contribution in [2.75, 3.05) is 53.0 Å². The Balaban J connectivity index is 1.36. The molecule has 28 heavy (non-hydrogen) atoms. The van der Waals surface area contributed by atoms with Crippen LogP contribution >= 0.6 is 0 Å². The fourth-order valence-electron chi connectivity index (χ4n) is 3.88. The van der Waals surface area contributed by atoms with Gasteiger partial charge in [-0.15, -0.1) is 0 Å². The molecule has 7 heteroatoms. The molecular weight excluding hydrogens is 356 g/mol. The number of nitrogens with zero attached hydrogens (tertiary/aromatic N) is 2. The Hall–Kier alpha value is -1.57. The van der Waals surface area contributed by atoms with Gasteiger partial charge in [0.15, 0.2) is 5.96 Å². The van der Waals surface area contributed by atoms with Crippen molar-refractivity contribution in [1.82, 2.24) is 15.5 Å². The summed E-state index contributed by atoms with van der Waals surface area (Å²) in [6.07, 6.45) is 6.05. The highest BCUT2D eigenvalue weighted by Crippen LogP contribution is 2.26. The SMILES string of the molecule is CN=C(NCCCOCC1CCCO1)NCC(c1ccc(C)o1)N1CCCC1. The highest BCUT2D eigenvalue weighted by atomic mass is 16.5. The maximum absolute atomic E-state index is 5.92. The van der Waals surface area contributed by atoms with Crippen molar-refractivity contribution in [2.45, 2.75) is 51.2 Å². The average molecular weight is 393 g/mol. The Labute approximate surface area is 168 Å². The molecule has 158 valence electrons. The lowest BCUT2D eigenvalue weighted by molar-refractivity contribution is 0.0168. The maximum atomic E-state index is 5.92. The highest BCUT2D eigenvalue weighted by molar-refractivity contribution is 5.79. The first kappa shape index (κ1) is 21.1. The number of guanidine groups is 1. The molecule has 1 aromatic heterocycles.